The van der Waals surface area contributed by atoms with Gasteiger partial charge in [-0.3, -0.25) is 0 Å². The fraction of sp³-hybridized carbons (Fsp3) is 0.533. The van der Waals surface area contributed by atoms with Crippen LogP contribution in [0.2, 0.25) is 0 Å². The molecular weight excluding hydrogens is 299 g/mol. The number of hydrogen-bond donors (Lipinski definition) is 1. The van der Waals surface area contributed by atoms with E-state index in [-0.39, 0.29) is 5.56 Å². The second-order valence-electron chi connectivity index (χ2n) is 5.91. The van der Waals surface area contributed by atoms with Crippen molar-refractivity contribution in [2.45, 2.75) is 38.6 Å². The van der Waals surface area contributed by atoms with Crippen molar-refractivity contribution in [1.29, 1.82) is 0 Å². The molecule has 0 aromatic heterocycles. The van der Waals surface area contributed by atoms with E-state index in [1.807, 2.05) is 0 Å². The van der Waals surface area contributed by atoms with Gasteiger partial charge in [0.2, 0.25) is 0 Å². The van der Waals surface area contributed by atoms with Crippen molar-refractivity contribution in [3.63, 3.8) is 0 Å². The first kappa shape index (κ1) is 18.3. The molecule has 1 atom stereocenters. The van der Waals surface area contributed by atoms with Gasteiger partial charge in [0.25, 0.3) is 0 Å². The molecule has 0 bridgehead atoms. The van der Waals surface area contributed by atoms with Crippen LogP contribution in [-0.2, 0) is 10.9 Å². The first-order valence-corrected chi connectivity index (χ1v) is 6.69. The summed E-state index contributed by atoms with van der Waals surface area (Å²) in [6.07, 6.45) is -5.20. The molecule has 0 saturated heterocycles. The van der Waals surface area contributed by atoms with Crippen LogP contribution >= 0.6 is 0 Å². The molecule has 124 valence electrons. The summed E-state index contributed by atoms with van der Waals surface area (Å²) in [4.78, 5) is 13.1. The van der Waals surface area contributed by atoms with Crippen LogP contribution in [-0.4, -0.2) is 35.4 Å². The molecule has 0 fully saturated rings. The summed E-state index contributed by atoms with van der Waals surface area (Å²) in [6, 6.07) is 3.60. The van der Waals surface area contributed by atoms with E-state index in [2.05, 4.69) is 0 Å². The largest absolute Gasteiger partial charge is 0.444 e. The summed E-state index contributed by atoms with van der Waals surface area (Å²) >= 11 is 0. The number of amides is 1. The van der Waals surface area contributed by atoms with Crippen LogP contribution in [0.3, 0.4) is 0 Å². The first-order chi connectivity index (χ1) is 9.95. The average Bonchev–Trinajstić information content (AvgIpc) is 2.37. The highest BCUT2D eigenvalue weighted by Gasteiger charge is 2.32. The molecule has 0 saturated carbocycles. The predicted octanol–water partition coefficient (Wildman–Crippen LogP) is 3.61. The molecule has 1 N–H and O–H groups in total. The molecule has 0 heterocycles. The van der Waals surface area contributed by atoms with Crippen molar-refractivity contribution in [3.05, 3.63) is 35.4 Å². The Morgan fingerprint density at radius 3 is 2.36 bits per heavy atom. The number of aliphatic hydroxyl groups is 1. The van der Waals surface area contributed by atoms with Crippen molar-refractivity contribution in [2.75, 3.05) is 13.7 Å². The van der Waals surface area contributed by atoms with Crippen LogP contribution in [0.5, 0.6) is 0 Å². The quantitative estimate of drug-likeness (QED) is 0.926. The molecule has 1 rings (SSSR count). The number of carbonyl (C=O) groups is 1. The number of alkyl halides is 3. The third-order valence-corrected chi connectivity index (χ3v) is 2.92. The summed E-state index contributed by atoms with van der Waals surface area (Å²) in [5.41, 5.74) is -1.38. The second-order valence-corrected chi connectivity index (χ2v) is 5.91. The van der Waals surface area contributed by atoms with Gasteiger partial charge in [-0.05, 0) is 38.5 Å². The lowest BCUT2D eigenvalue weighted by molar-refractivity contribution is -0.137. The average molecular weight is 319 g/mol. The molecule has 7 heteroatoms. The topological polar surface area (TPSA) is 49.8 Å². The normalized spacial score (nSPS) is 13.6. The van der Waals surface area contributed by atoms with Crippen LogP contribution in [0.15, 0.2) is 24.3 Å². The lowest BCUT2D eigenvalue weighted by Crippen LogP contribution is -2.38. The Labute approximate surface area is 127 Å². The van der Waals surface area contributed by atoms with Gasteiger partial charge >= 0.3 is 12.3 Å². The molecule has 0 spiro atoms. The predicted molar refractivity (Wildman–Crippen MR) is 75.3 cm³/mol. The standard InChI is InChI=1S/C15H20F3NO3/c1-14(2,3)22-13(21)19(4)12(9-20)10-6-5-7-11(8-10)15(16,17)18/h5-8,12,20H,9H2,1-4H3. The van der Waals surface area contributed by atoms with E-state index in [1.165, 1.54) is 19.2 Å². The minimum Gasteiger partial charge on any atom is -0.444 e. The Bertz CT molecular complexity index is 523. The lowest BCUT2D eigenvalue weighted by Gasteiger charge is -2.30. The number of carbonyl (C=O) groups excluding carboxylic acids is 1. The van der Waals surface area contributed by atoms with Gasteiger partial charge in [-0.25, -0.2) is 4.79 Å². The second kappa shape index (κ2) is 6.56. The smallest absolute Gasteiger partial charge is 0.416 e. The molecule has 0 radical (unpaired) electrons. The van der Waals surface area contributed by atoms with E-state index < -0.39 is 36.1 Å². The van der Waals surface area contributed by atoms with Crippen LogP contribution < -0.4 is 0 Å². The van der Waals surface area contributed by atoms with Gasteiger partial charge in [-0.1, -0.05) is 12.1 Å². The fourth-order valence-electron chi connectivity index (χ4n) is 1.83. The van der Waals surface area contributed by atoms with Gasteiger partial charge < -0.3 is 14.7 Å². The molecule has 0 aliphatic rings. The molecule has 0 aliphatic heterocycles. The van der Waals surface area contributed by atoms with Crippen LogP contribution in [0, 0.1) is 0 Å². The van der Waals surface area contributed by atoms with E-state index in [1.54, 1.807) is 20.8 Å². The third kappa shape index (κ3) is 4.91. The highest BCUT2D eigenvalue weighted by molar-refractivity contribution is 5.68. The Morgan fingerprint density at radius 2 is 1.91 bits per heavy atom. The van der Waals surface area contributed by atoms with Crippen molar-refractivity contribution in [3.8, 4) is 0 Å². The van der Waals surface area contributed by atoms with Gasteiger partial charge in [0.05, 0.1) is 18.2 Å². The molecule has 1 unspecified atom stereocenters. The van der Waals surface area contributed by atoms with Gasteiger partial charge in [0, 0.05) is 7.05 Å². The minimum atomic E-state index is -4.49. The van der Waals surface area contributed by atoms with Gasteiger partial charge in [0.15, 0.2) is 0 Å². The van der Waals surface area contributed by atoms with E-state index in [0.717, 1.165) is 17.0 Å². The highest BCUT2D eigenvalue weighted by Crippen LogP contribution is 2.31. The SMILES string of the molecule is CN(C(=O)OC(C)(C)C)C(CO)c1cccc(C(F)(F)F)c1. The fourth-order valence-corrected chi connectivity index (χ4v) is 1.83. The number of benzene rings is 1. The monoisotopic (exact) mass is 319 g/mol. The first-order valence-electron chi connectivity index (χ1n) is 6.69. The molecule has 4 nitrogen and oxygen atoms in total. The molecule has 1 aromatic rings. The number of ether oxygens (including phenoxy) is 1. The molecule has 22 heavy (non-hydrogen) atoms. The zero-order valence-electron chi connectivity index (χ0n) is 12.9. The Hall–Kier alpha value is -1.76. The Balaban J connectivity index is 3.03. The van der Waals surface area contributed by atoms with Crippen molar-refractivity contribution in [1.82, 2.24) is 4.90 Å². The number of rotatable bonds is 3. The number of likely N-dealkylation sites (N-methyl/N-ethyl adjacent to an activating group) is 1. The van der Waals surface area contributed by atoms with E-state index >= 15 is 0 Å². The minimum absolute atomic E-state index is 0.186. The Kier molecular flexibility index (Phi) is 5.45. The number of hydrogen-bond acceptors (Lipinski definition) is 3. The van der Waals surface area contributed by atoms with E-state index in [4.69, 9.17) is 4.74 Å². The summed E-state index contributed by atoms with van der Waals surface area (Å²) in [7, 11) is 1.37. The van der Waals surface area contributed by atoms with Crippen molar-refractivity contribution < 1.29 is 27.8 Å². The zero-order chi connectivity index (χ0) is 17.1. The van der Waals surface area contributed by atoms with Gasteiger partial charge in [-0.15, -0.1) is 0 Å². The van der Waals surface area contributed by atoms with E-state index in [9.17, 15) is 23.1 Å². The zero-order valence-corrected chi connectivity index (χ0v) is 12.9. The highest BCUT2D eigenvalue weighted by atomic mass is 19.4. The van der Waals surface area contributed by atoms with Gasteiger partial charge in [-0.2, -0.15) is 13.2 Å². The number of nitrogens with zero attached hydrogens (tertiary/aromatic N) is 1. The van der Waals surface area contributed by atoms with Crippen molar-refractivity contribution in [2.24, 2.45) is 0 Å². The maximum absolute atomic E-state index is 12.7. The lowest BCUT2D eigenvalue weighted by atomic mass is 10.0. The third-order valence-electron chi connectivity index (χ3n) is 2.92. The molecule has 0 aliphatic carbocycles. The number of aliphatic hydroxyl groups excluding tert-OH is 1. The molecule has 1 amide bonds. The molecule has 1 aromatic carbocycles. The van der Waals surface area contributed by atoms with Crippen molar-refractivity contribution >= 4 is 6.09 Å². The maximum Gasteiger partial charge on any atom is 0.416 e. The van der Waals surface area contributed by atoms with Crippen LogP contribution in [0.25, 0.3) is 0 Å². The van der Waals surface area contributed by atoms with E-state index in [0.29, 0.717) is 0 Å². The van der Waals surface area contributed by atoms with Crippen LogP contribution in [0.4, 0.5) is 18.0 Å². The van der Waals surface area contributed by atoms with Gasteiger partial charge in [0.1, 0.15) is 5.60 Å². The van der Waals surface area contributed by atoms with Crippen LogP contribution in [0.1, 0.15) is 37.9 Å². The number of halogens is 3. The summed E-state index contributed by atoms with van der Waals surface area (Å²) < 4.78 is 43.4. The Morgan fingerprint density at radius 1 is 1.32 bits per heavy atom. The molecular formula is C15H20F3NO3. The summed E-state index contributed by atoms with van der Waals surface area (Å²) in [6.45, 7) is 4.52. The summed E-state index contributed by atoms with van der Waals surface area (Å²) in [5, 5.41) is 9.46. The summed E-state index contributed by atoms with van der Waals surface area (Å²) in [5.74, 6) is 0. The maximum atomic E-state index is 12.7.